The minimum atomic E-state index is -0.389. The van der Waals surface area contributed by atoms with E-state index in [9.17, 15) is 9.59 Å². The highest BCUT2D eigenvalue weighted by Crippen LogP contribution is 2.21. The Morgan fingerprint density at radius 1 is 1.07 bits per heavy atom. The van der Waals surface area contributed by atoms with Crippen molar-refractivity contribution in [3.8, 4) is 5.95 Å². The average Bonchev–Trinajstić information content (AvgIpc) is 3.24. The highest BCUT2D eigenvalue weighted by atomic mass is 16.2. The van der Waals surface area contributed by atoms with Gasteiger partial charge < -0.3 is 0 Å². The molecule has 150 valence electrons. The van der Waals surface area contributed by atoms with Crippen molar-refractivity contribution >= 4 is 11.2 Å². The van der Waals surface area contributed by atoms with E-state index in [4.69, 9.17) is 0 Å². The van der Waals surface area contributed by atoms with E-state index in [1.807, 2.05) is 68.7 Å². The fourth-order valence-electron chi connectivity index (χ4n) is 3.70. The zero-order valence-corrected chi connectivity index (χ0v) is 17.2. The van der Waals surface area contributed by atoms with Crippen LogP contribution in [0.3, 0.4) is 0 Å². The van der Waals surface area contributed by atoms with Crippen LogP contribution in [-0.2, 0) is 13.6 Å². The molecule has 29 heavy (non-hydrogen) atoms. The van der Waals surface area contributed by atoms with Crippen LogP contribution in [0.2, 0.25) is 0 Å². The maximum absolute atomic E-state index is 13.4. The van der Waals surface area contributed by atoms with Crippen LogP contribution in [0.1, 0.15) is 36.8 Å². The normalized spacial score (nSPS) is 11.7. The van der Waals surface area contributed by atoms with Crippen LogP contribution in [0, 0.1) is 13.8 Å². The summed E-state index contributed by atoms with van der Waals surface area (Å²) < 4.78 is 6.29. The summed E-state index contributed by atoms with van der Waals surface area (Å²) in [6.07, 6.45) is 0. The number of aromatic nitrogens is 6. The SMILES string of the molecule is Cc1cc(C)n(-c2nc3c(c(=O)n(Cc4ccccc4)c(=O)n3C)n2C(C)C)n1. The van der Waals surface area contributed by atoms with E-state index in [-0.39, 0.29) is 23.8 Å². The van der Waals surface area contributed by atoms with Crippen LogP contribution in [0.25, 0.3) is 17.1 Å². The smallest absolute Gasteiger partial charge is 0.300 e. The van der Waals surface area contributed by atoms with Gasteiger partial charge in [-0.1, -0.05) is 30.3 Å². The van der Waals surface area contributed by atoms with Gasteiger partial charge in [0.25, 0.3) is 5.56 Å². The lowest BCUT2D eigenvalue weighted by Crippen LogP contribution is -2.40. The van der Waals surface area contributed by atoms with Gasteiger partial charge in [0.15, 0.2) is 11.2 Å². The Bertz CT molecular complexity index is 1320. The third kappa shape index (κ3) is 3.00. The Morgan fingerprint density at radius 2 is 1.76 bits per heavy atom. The standard InChI is InChI=1S/C21H24N6O2/c1-13(2)26-17-18(22-20(26)27-15(4)11-14(3)23-27)24(5)21(29)25(19(17)28)12-16-9-7-6-8-10-16/h6-11,13H,12H2,1-5H3. The first kappa shape index (κ1) is 18.9. The zero-order chi connectivity index (χ0) is 20.9. The summed E-state index contributed by atoms with van der Waals surface area (Å²) in [7, 11) is 1.65. The summed E-state index contributed by atoms with van der Waals surface area (Å²) in [5.41, 5.74) is 2.69. The number of imidazole rings is 1. The van der Waals surface area contributed by atoms with Crippen LogP contribution in [0.15, 0.2) is 46.0 Å². The maximum atomic E-state index is 13.4. The average molecular weight is 392 g/mol. The zero-order valence-electron chi connectivity index (χ0n) is 17.2. The molecule has 0 aliphatic rings. The van der Waals surface area contributed by atoms with Gasteiger partial charge in [0.1, 0.15) is 0 Å². The van der Waals surface area contributed by atoms with Gasteiger partial charge in [0.2, 0.25) is 5.95 Å². The molecule has 1 aromatic carbocycles. The van der Waals surface area contributed by atoms with Gasteiger partial charge in [-0.2, -0.15) is 10.1 Å². The van der Waals surface area contributed by atoms with Gasteiger partial charge >= 0.3 is 5.69 Å². The molecule has 0 bridgehead atoms. The molecule has 0 aliphatic heterocycles. The van der Waals surface area contributed by atoms with Crippen LogP contribution in [0.4, 0.5) is 0 Å². The minimum Gasteiger partial charge on any atom is -0.300 e. The van der Waals surface area contributed by atoms with E-state index in [0.717, 1.165) is 17.0 Å². The largest absolute Gasteiger partial charge is 0.332 e. The molecule has 4 aromatic rings. The van der Waals surface area contributed by atoms with Crippen molar-refractivity contribution in [1.29, 1.82) is 0 Å². The Morgan fingerprint density at radius 3 is 2.34 bits per heavy atom. The number of hydrogen-bond donors (Lipinski definition) is 0. The Balaban J connectivity index is 2.06. The van der Waals surface area contributed by atoms with Crippen molar-refractivity contribution in [3.05, 3.63) is 74.2 Å². The van der Waals surface area contributed by atoms with Gasteiger partial charge in [-0.15, -0.1) is 0 Å². The van der Waals surface area contributed by atoms with Gasteiger partial charge in [0, 0.05) is 18.8 Å². The van der Waals surface area contributed by atoms with Crippen LogP contribution >= 0.6 is 0 Å². The van der Waals surface area contributed by atoms with Crippen LogP contribution in [-0.4, -0.2) is 28.5 Å². The molecule has 0 amide bonds. The minimum absolute atomic E-state index is 0.0470. The van der Waals surface area contributed by atoms with Crippen molar-refractivity contribution in [1.82, 2.24) is 28.5 Å². The number of fused-ring (bicyclic) bond motifs is 1. The molecule has 0 N–H and O–H groups in total. The molecular weight excluding hydrogens is 368 g/mol. The molecule has 0 saturated carbocycles. The molecule has 3 heterocycles. The molecule has 0 aliphatic carbocycles. The molecular formula is C21H24N6O2. The fourth-order valence-corrected chi connectivity index (χ4v) is 3.70. The molecule has 8 nitrogen and oxygen atoms in total. The van der Waals surface area contributed by atoms with Crippen LogP contribution in [0.5, 0.6) is 0 Å². The summed E-state index contributed by atoms with van der Waals surface area (Å²) in [6.45, 7) is 8.04. The first-order chi connectivity index (χ1) is 13.8. The lowest BCUT2D eigenvalue weighted by molar-refractivity contribution is 0.577. The Labute approximate surface area is 167 Å². The second kappa shape index (κ2) is 6.88. The van der Waals surface area contributed by atoms with E-state index in [0.29, 0.717) is 17.1 Å². The predicted molar refractivity (Wildman–Crippen MR) is 112 cm³/mol. The molecule has 4 rings (SSSR count). The molecule has 0 saturated heterocycles. The number of nitrogens with zero attached hydrogens (tertiary/aromatic N) is 6. The molecule has 3 aromatic heterocycles. The van der Waals surface area contributed by atoms with E-state index >= 15 is 0 Å². The summed E-state index contributed by atoms with van der Waals surface area (Å²) in [4.78, 5) is 31.0. The summed E-state index contributed by atoms with van der Waals surface area (Å²) in [6, 6.07) is 11.4. The highest BCUT2D eigenvalue weighted by molar-refractivity contribution is 5.73. The number of hydrogen-bond acceptors (Lipinski definition) is 4. The molecule has 0 atom stereocenters. The predicted octanol–water partition coefficient (Wildman–Crippen LogP) is 2.33. The van der Waals surface area contributed by atoms with Crippen molar-refractivity contribution < 1.29 is 0 Å². The molecule has 8 heteroatoms. The third-order valence-electron chi connectivity index (χ3n) is 5.06. The van der Waals surface area contributed by atoms with Crippen molar-refractivity contribution in [2.24, 2.45) is 7.05 Å². The number of rotatable bonds is 4. The van der Waals surface area contributed by atoms with Gasteiger partial charge in [-0.05, 0) is 39.3 Å². The Kier molecular flexibility index (Phi) is 4.49. The van der Waals surface area contributed by atoms with Crippen molar-refractivity contribution in [2.45, 2.75) is 40.3 Å². The monoisotopic (exact) mass is 392 g/mol. The van der Waals surface area contributed by atoms with E-state index in [1.165, 1.54) is 9.13 Å². The maximum Gasteiger partial charge on any atom is 0.332 e. The van der Waals surface area contributed by atoms with E-state index in [1.54, 1.807) is 11.7 Å². The third-order valence-corrected chi connectivity index (χ3v) is 5.06. The van der Waals surface area contributed by atoms with Gasteiger partial charge in [0.05, 0.1) is 12.2 Å². The topological polar surface area (TPSA) is 79.6 Å². The summed E-state index contributed by atoms with van der Waals surface area (Å²) in [5.74, 6) is 0.533. The Hall–Kier alpha value is -3.42. The van der Waals surface area contributed by atoms with Crippen molar-refractivity contribution in [2.75, 3.05) is 0 Å². The quantitative estimate of drug-likeness (QED) is 0.534. The lowest BCUT2D eigenvalue weighted by Gasteiger charge is -2.14. The summed E-state index contributed by atoms with van der Waals surface area (Å²) in [5, 5.41) is 4.53. The van der Waals surface area contributed by atoms with Gasteiger partial charge in [-0.3, -0.25) is 18.5 Å². The number of benzene rings is 1. The van der Waals surface area contributed by atoms with E-state index < -0.39 is 0 Å². The first-order valence-corrected chi connectivity index (χ1v) is 9.59. The first-order valence-electron chi connectivity index (χ1n) is 9.59. The summed E-state index contributed by atoms with van der Waals surface area (Å²) >= 11 is 0. The molecule has 0 fully saturated rings. The molecule has 0 radical (unpaired) electrons. The number of aryl methyl sites for hydroxylation is 3. The van der Waals surface area contributed by atoms with Crippen molar-refractivity contribution in [3.63, 3.8) is 0 Å². The van der Waals surface area contributed by atoms with Crippen LogP contribution < -0.4 is 11.2 Å². The van der Waals surface area contributed by atoms with E-state index in [2.05, 4.69) is 10.1 Å². The van der Waals surface area contributed by atoms with Gasteiger partial charge in [-0.25, -0.2) is 9.48 Å². The second-order valence-corrected chi connectivity index (χ2v) is 7.61. The fraction of sp³-hybridized carbons (Fsp3) is 0.333. The molecule has 0 unspecified atom stereocenters. The lowest BCUT2D eigenvalue weighted by atomic mass is 10.2. The highest BCUT2D eigenvalue weighted by Gasteiger charge is 2.24. The molecule has 0 spiro atoms. The second-order valence-electron chi connectivity index (χ2n) is 7.61.